The number of ether oxygens (including phenoxy) is 2. The number of amides is 1. The van der Waals surface area contributed by atoms with Crippen LogP contribution in [0.25, 0.3) is 0 Å². The lowest BCUT2D eigenvalue weighted by atomic mass is 10.2. The Bertz CT molecular complexity index is 605. The van der Waals surface area contributed by atoms with Gasteiger partial charge in [-0.25, -0.2) is 0 Å². The SMILES string of the molecule is CCOc1ccc(NC(=O)[C@@H](C)Oc2ccc(C)cc2)cc1. The third-order valence-corrected chi connectivity index (χ3v) is 3.14. The van der Waals surface area contributed by atoms with Gasteiger partial charge in [0.2, 0.25) is 0 Å². The molecule has 1 N–H and O–H groups in total. The quantitative estimate of drug-likeness (QED) is 0.882. The summed E-state index contributed by atoms with van der Waals surface area (Å²) in [6, 6.07) is 14.9. The van der Waals surface area contributed by atoms with Crippen LogP contribution >= 0.6 is 0 Å². The van der Waals surface area contributed by atoms with E-state index >= 15 is 0 Å². The zero-order valence-corrected chi connectivity index (χ0v) is 13.1. The molecule has 0 saturated heterocycles. The van der Waals surface area contributed by atoms with Crippen LogP contribution < -0.4 is 14.8 Å². The maximum Gasteiger partial charge on any atom is 0.265 e. The van der Waals surface area contributed by atoms with Gasteiger partial charge in [0.05, 0.1) is 6.61 Å². The van der Waals surface area contributed by atoms with Crippen LogP contribution in [0, 0.1) is 6.92 Å². The van der Waals surface area contributed by atoms with Crippen molar-refractivity contribution >= 4 is 11.6 Å². The lowest BCUT2D eigenvalue weighted by Crippen LogP contribution is -2.30. The van der Waals surface area contributed by atoms with Gasteiger partial charge in [-0.05, 0) is 57.2 Å². The van der Waals surface area contributed by atoms with E-state index in [0.29, 0.717) is 18.0 Å². The Hall–Kier alpha value is -2.49. The fourth-order valence-electron chi connectivity index (χ4n) is 1.92. The van der Waals surface area contributed by atoms with Crippen molar-refractivity contribution in [2.75, 3.05) is 11.9 Å². The van der Waals surface area contributed by atoms with Crippen molar-refractivity contribution < 1.29 is 14.3 Å². The molecule has 0 fully saturated rings. The van der Waals surface area contributed by atoms with Crippen LogP contribution in [0.4, 0.5) is 5.69 Å². The monoisotopic (exact) mass is 299 g/mol. The molecule has 116 valence electrons. The molecule has 2 aromatic carbocycles. The van der Waals surface area contributed by atoms with Crippen molar-refractivity contribution in [3.8, 4) is 11.5 Å². The number of rotatable bonds is 6. The smallest absolute Gasteiger partial charge is 0.265 e. The molecule has 22 heavy (non-hydrogen) atoms. The summed E-state index contributed by atoms with van der Waals surface area (Å²) in [5.41, 5.74) is 1.87. The number of carbonyl (C=O) groups excluding carboxylic acids is 1. The Labute approximate surface area is 131 Å². The van der Waals surface area contributed by atoms with Crippen molar-refractivity contribution in [2.24, 2.45) is 0 Å². The highest BCUT2D eigenvalue weighted by molar-refractivity contribution is 5.94. The van der Waals surface area contributed by atoms with Gasteiger partial charge < -0.3 is 14.8 Å². The van der Waals surface area contributed by atoms with Crippen molar-refractivity contribution in [3.63, 3.8) is 0 Å². The second kappa shape index (κ2) is 7.50. The van der Waals surface area contributed by atoms with Gasteiger partial charge in [0.25, 0.3) is 5.91 Å². The normalized spacial score (nSPS) is 11.6. The molecule has 0 saturated carbocycles. The lowest BCUT2D eigenvalue weighted by molar-refractivity contribution is -0.122. The van der Waals surface area contributed by atoms with Crippen LogP contribution in [-0.4, -0.2) is 18.6 Å². The molecule has 0 radical (unpaired) electrons. The Balaban J connectivity index is 1.91. The van der Waals surface area contributed by atoms with E-state index in [-0.39, 0.29) is 5.91 Å². The summed E-state index contributed by atoms with van der Waals surface area (Å²) in [5, 5.41) is 2.82. The summed E-state index contributed by atoms with van der Waals surface area (Å²) in [4.78, 5) is 12.1. The number of benzene rings is 2. The highest BCUT2D eigenvalue weighted by atomic mass is 16.5. The van der Waals surface area contributed by atoms with Crippen LogP contribution in [0.2, 0.25) is 0 Å². The first-order valence-electron chi connectivity index (χ1n) is 7.35. The number of hydrogen-bond acceptors (Lipinski definition) is 3. The maximum atomic E-state index is 12.1. The Morgan fingerprint density at radius 3 is 2.23 bits per heavy atom. The summed E-state index contributed by atoms with van der Waals surface area (Å²) in [5.74, 6) is 1.27. The molecular formula is C18H21NO3. The van der Waals surface area contributed by atoms with Gasteiger partial charge in [-0.15, -0.1) is 0 Å². The molecule has 2 rings (SSSR count). The van der Waals surface area contributed by atoms with Crippen molar-refractivity contribution in [1.29, 1.82) is 0 Å². The summed E-state index contributed by atoms with van der Waals surface area (Å²) < 4.78 is 11.0. The second-order valence-electron chi connectivity index (χ2n) is 5.02. The van der Waals surface area contributed by atoms with E-state index in [2.05, 4.69) is 5.32 Å². The third-order valence-electron chi connectivity index (χ3n) is 3.14. The van der Waals surface area contributed by atoms with Crippen LogP contribution in [0.3, 0.4) is 0 Å². The molecule has 0 aliphatic heterocycles. The van der Waals surface area contributed by atoms with E-state index in [9.17, 15) is 4.79 Å². The first-order chi connectivity index (χ1) is 10.6. The van der Waals surface area contributed by atoms with E-state index in [1.54, 1.807) is 6.92 Å². The lowest BCUT2D eigenvalue weighted by Gasteiger charge is -2.15. The van der Waals surface area contributed by atoms with E-state index in [1.807, 2.05) is 62.4 Å². The maximum absolute atomic E-state index is 12.1. The van der Waals surface area contributed by atoms with Gasteiger partial charge in [0.15, 0.2) is 6.10 Å². The molecule has 0 aliphatic carbocycles. The highest BCUT2D eigenvalue weighted by Crippen LogP contribution is 2.17. The predicted molar refractivity (Wildman–Crippen MR) is 87.5 cm³/mol. The zero-order valence-electron chi connectivity index (χ0n) is 13.1. The van der Waals surface area contributed by atoms with E-state index in [4.69, 9.17) is 9.47 Å². The highest BCUT2D eigenvalue weighted by Gasteiger charge is 2.14. The average molecular weight is 299 g/mol. The van der Waals surface area contributed by atoms with E-state index < -0.39 is 6.10 Å². The summed E-state index contributed by atoms with van der Waals surface area (Å²) in [6.07, 6.45) is -0.575. The minimum atomic E-state index is -0.575. The number of aryl methyl sites for hydroxylation is 1. The molecule has 0 bridgehead atoms. The van der Waals surface area contributed by atoms with Gasteiger partial charge in [0, 0.05) is 5.69 Å². The van der Waals surface area contributed by atoms with Gasteiger partial charge in [-0.3, -0.25) is 4.79 Å². The van der Waals surface area contributed by atoms with Crippen molar-refractivity contribution in [2.45, 2.75) is 26.9 Å². The predicted octanol–water partition coefficient (Wildman–Crippen LogP) is 3.80. The van der Waals surface area contributed by atoms with Crippen LogP contribution in [0.15, 0.2) is 48.5 Å². The molecule has 1 atom stereocenters. The Morgan fingerprint density at radius 1 is 1.05 bits per heavy atom. The largest absolute Gasteiger partial charge is 0.494 e. The topological polar surface area (TPSA) is 47.6 Å². The van der Waals surface area contributed by atoms with Crippen LogP contribution in [0.1, 0.15) is 19.4 Å². The van der Waals surface area contributed by atoms with Crippen LogP contribution in [0.5, 0.6) is 11.5 Å². The average Bonchev–Trinajstić information content (AvgIpc) is 2.51. The first kappa shape index (κ1) is 15.9. The summed E-state index contributed by atoms with van der Waals surface area (Å²) >= 11 is 0. The van der Waals surface area contributed by atoms with Gasteiger partial charge in [0.1, 0.15) is 11.5 Å². The fourth-order valence-corrected chi connectivity index (χ4v) is 1.92. The van der Waals surface area contributed by atoms with Crippen LogP contribution in [-0.2, 0) is 4.79 Å². The first-order valence-corrected chi connectivity index (χ1v) is 7.35. The fraction of sp³-hybridized carbons (Fsp3) is 0.278. The minimum Gasteiger partial charge on any atom is -0.494 e. The molecule has 4 nitrogen and oxygen atoms in total. The minimum absolute atomic E-state index is 0.190. The molecule has 0 aliphatic rings. The Morgan fingerprint density at radius 2 is 1.64 bits per heavy atom. The van der Waals surface area contributed by atoms with Crippen molar-refractivity contribution in [3.05, 3.63) is 54.1 Å². The van der Waals surface area contributed by atoms with E-state index in [1.165, 1.54) is 0 Å². The third kappa shape index (κ3) is 4.52. The molecule has 4 heteroatoms. The molecular weight excluding hydrogens is 278 g/mol. The second-order valence-corrected chi connectivity index (χ2v) is 5.02. The summed E-state index contributed by atoms with van der Waals surface area (Å²) in [7, 11) is 0. The number of hydrogen-bond donors (Lipinski definition) is 1. The Kier molecular flexibility index (Phi) is 5.42. The molecule has 0 heterocycles. The van der Waals surface area contributed by atoms with Gasteiger partial charge in [-0.2, -0.15) is 0 Å². The van der Waals surface area contributed by atoms with E-state index in [0.717, 1.165) is 11.3 Å². The van der Waals surface area contributed by atoms with Gasteiger partial charge in [-0.1, -0.05) is 17.7 Å². The molecule has 0 aromatic heterocycles. The molecule has 0 spiro atoms. The zero-order chi connectivity index (χ0) is 15.9. The summed E-state index contributed by atoms with van der Waals surface area (Å²) in [6.45, 7) is 6.28. The number of nitrogens with one attached hydrogen (secondary N) is 1. The molecule has 0 unspecified atom stereocenters. The number of carbonyl (C=O) groups is 1. The molecule has 2 aromatic rings. The van der Waals surface area contributed by atoms with Gasteiger partial charge >= 0.3 is 0 Å². The number of anilines is 1. The standard InChI is InChI=1S/C18H21NO3/c1-4-21-16-11-7-15(8-12-16)19-18(20)14(3)22-17-9-5-13(2)6-10-17/h5-12,14H,4H2,1-3H3,(H,19,20)/t14-/m1/s1. The molecule has 1 amide bonds. The van der Waals surface area contributed by atoms with Crippen molar-refractivity contribution in [1.82, 2.24) is 0 Å².